The molecular weight excluding hydrogens is 210 g/mol. The summed E-state index contributed by atoms with van der Waals surface area (Å²) >= 11 is 0. The molecule has 2 heteroatoms. The van der Waals surface area contributed by atoms with Crippen LogP contribution in [0.25, 0.3) is 0 Å². The van der Waals surface area contributed by atoms with Gasteiger partial charge in [-0.2, -0.15) is 0 Å². The van der Waals surface area contributed by atoms with Crippen LogP contribution in [0.15, 0.2) is 0 Å². The molecule has 0 amide bonds. The summed E-state index contributed by atoms with van der Waals surface area (Å²) in [6.45, 7) is 8.25. The molecule has 1 saturated carbocycles. The Hall–Kier alpha value is -0.0800. The van der Waals surface area contributed by atoms with Crippen molar-refractivity contribution >= 4 is 0 Å². The van der Waals surface area contributed by atoms with Crippen LogP contribution in [0.4, 0.5) is 0 Å². The van der Waals surface area contributed by atoms with Gasteiger partial charge in [-0.1, -0.05) is 32.6 Å². The zero-order chi connectivity index (χ0) is 12.9. The third kappa shape index (κ3) is 3.96. The van der Waals surface area contributed by atoms with E-state index in [0.717, 1.165) is 13.0 Å². The van der Waals surface area contributed by atoms with E-state index in [-0.39, 0.29) is 11.0 Å². The molecule has 1 aliphatic rings. The van der Waals surface area contributed by atoms with Crippen molar-refractivity contribution in [3.8, 4) is 0 Å². The van der Waals surface area contributed by atoms with Crippen LogP contribution in [0, 0.1) is 5.41 Å². The van der Waals surface area contributed by atoms with Gasteiger partial charge in [0.2, 0.25) is 0 Å². The van der Waals surface area contributed by atoms with Crippen LogP contribution in [0.5, 0.6) is 0 Å². The minimum Gasteiger partial charge on any atom is -0.396 e. The first-order chi connectivity index (χ1) is 7.96. The van der Waals surface area contributed by atoms with Crippen LogP contribution in [0.1, 0.15) is 65.7 Å². The average molecular weight is 241 g/mol. The van der Waals surface area contributed by atoms with Crippen molar-refractivity contribution < 1.29 is 5.11 Å². The molecule has 17 heavy (non-hydrogen) atoms. The third-order valence-corrected chi connectivity index (χ3v) is 4.97. The summed E-state index contributed by atoms with van der Waals surface area (Å²) in [5.74, 6) is 0. The Morgan fingerprint density at radius 1 is 1.12 bits per heavy atom. The number of aliphatic hydroxyl groups is 1. The summed E-state index contributed by atoms with van der Waals surface area (Å²) in [6.07, 6.45) is 8.85. The van der Waals surface area contributed by atoms with E-state index in [1.807, 2.05) is 0 Å². The lowest BCUT2D eigenvalue weighted by atomic mass is 9.79. The number of hydrogen-bond donors (Lipinski definition) is 1. The molecule has 0 spiro atoms. The third-order valence-electron chi connectivity index (χ3n) is 4.97. The highest BCUT2D eigenvalue weighted by molar-refractivity contribution is 4.88. The summed E-state index contributed by atoms with van der Waals surface area (Å²) in [6, 6.07) is 0. The predicted octanol–water partition coefficient (Wildman–Crippen LogP) is 3.44. The van der Waals surface area contributed by atoms with Crippen LogP contribution in [-0.4, -0.2) is 35.7 Å². The van der Waals surface area contributed by atoms with Gasteiger partial charge in [0.05, 0.1) is 0 Å². The van der Waals surface area contributed by atoms with Crippen LogP contribution in [-0.2, 0) is 0 Å². The molecule has 102 valence electrons. The fourth-order valence-corrected chi connectivity index (χ4v) is 2.83. The summed E-state index contributed by atoms with van der Waals surface area (Å²) in [5.41, 5.74) is 0.409. The molecule has 2 nitrogen and oxygen atoms in total. The summed E-state index contributed by atoms with van der Waals surface area (Å²) in [4.78, 5) is 2.45. The minimum atomic E-state index is 0.164. The monoisotopic (exact) mass is 241 g/mol. The zero-order valence-electron chi connectivity index (χ0n) is 12.3. The van der Waals surface area contributed by atoms with Crippen LogP contribution < -0.4 is 0 Å². The van der Waals surface area contributed by atoms with Crippen molar-refractivity contribution in [2.24, 2.45) is 5.41 Å². The second-order valence-electron chi connectivity index (χ2n) is 6.59. The molecule has 0 saturated heterocycles. The second kappa shape index (κ2) is 6.19. The van der Waals surface area contributed by atoms with E-state index in [2.05, 4.69) is 32.7 Å². The van der Waals surface area contributed by atoms with Crippen molar-refractivity contribution in [1.29, 1.82) is 0 Å². The molecule has 1 fully saturated rings. The van der Waals surface area contributed by atoms with Gasteiger partial charge in [0.15, 0.2) is 0 Å². The summed E-state index contributed by atoms with van der Waals surface area (Å²) < 4.78 is 0. The minimum absolute atomic E-state index is 0.164. The van der Waals surface area contributed by atoms with Crippen LogP contribution in [0.2, 0.25) is 0 Å². The molecule has 0 bridgehead atoms. The second-order valence-corrected chi connectivity index (χ2v) is 6.59. The highest BCUT2D eigenvalue weighted by atomic mass is 16.3. The Morgan fingerprint density at radius 3 is 2.06 bits per heavy atom. The van der Waals surface area contributed by atoms with Crippen molar-refractivity contribution in [3.05, 3.63) is 0 Å². The standard InChI is InChI=1S/C15H31NO/c1-5-14(2,3)16(4)12-15(13-17)10-8-6-7-9-11-15/h17H,5-13H2,1-4H3. The first kappa shape index (κ1) is 15.0. The first-order valence-electron chi connectivity index (χ1n) is 7.28. The summed E-state index contributed by atoms with van der Waals surface area (Å²) in [7, 11) is 2.21. The van der Waals surface area contributed by atoms with Crippen molar-refractivity contribution in [3.63, 3.8) is 0 Å². The van der Waals surface area contributed by atoms with Gasteiger partial charge in [-0.25, -0.2) is 0 Å². The van der Waals surface area contributed by atoms with E-state index >= 15 is 0 Å². The molecule has 0 aliphatic heterocycles. The van der Waals surface area contributed by atoms with E-state index in [0.29, 0.717) is 6.61 Å². The topological polar surface area (TPSA) is 23.5 Å². The Kier molecular flexibility index (Phi) is 5.46. The highest BCUT2D eigenvalue weighted by Gasteiger charge is 2.34. The van der Waals surface area contributed by atoms with Gasteiger partial charge in [0, 0.05) is 24.1 Å². The maximum atomic E-state index is 9.83. The first-order valence-corrected chi connectivity index (χ1v) is 7.28. The molecule has 1 aliphatic carbocycles. The van der Waals surface area contributed by atoms with Gasteiger partial charge < -0.3 is 10.0 Å². The summed E-state index contributed by atoms with van der Waals surface area (Å²) in [5, 5.41) is 9.83. The quantitative estimate of drug-likeness (QED) is 0.745. The molecule has 0 radical (unpaired) electrons. The molecule has 1 rings (SSSR count). The van der Waals surface area contributed by atoms with Gasteiger partial charge in [-0.3, -0.25) is 0 Å². The SMILES string of the molecule is CCC(C)(C)N(C)CC1(CO)CCCCCC1. The number of rotatable bonds is 5. The molecule has 0 unspecified atom stereocenters. The smallest absolute Gasteiger partial charge is 0.0499 e. The number of aliphatic hydroxyl groups excluding tert-OH is 1. The van der Waals surface area contributed by atoms with E-state index in [4.69, 9.17) is 0 Å². The average Bonchev–Trinajstić information content (AvgIpc) is 2.55. The lowest BCUT2D eigenvalue weighted by Crippen LogP contribution is -2.48. The fourth-order valence-electron chi connectivity index (χ4n) is 2.83. The Labute approximate surface area is 107 Å². The molecule has 0 aromatic carbocycles. The molecule has 0 atom stereocenters. The zero-order valence-corrected chi connectivity index (χ0v) is 12.3. The lowest BCUT2D eigenvalue weighted by Gasteiger charge is -2.42. The highest BCUT2D eigenvalue weighted by Crippen LogP contribution is 2.36. The van der Waals surface area contributed by atoms with Gasteiger partial charge in [-0.15, -0.1) is 0 Å². The van der Waals surface area contributed by atoms with Crippen molar-refractivity contribution in [1.82, 2.24) is 4.90 Å². The molecule has 0 aromatic rings. The van der Waals surface area contributed by atoms with Gasteiger partial charge in [0.1, 0.15) is 0 Å². The Bertz CT molecular complexity index is 217. The molecule has 0 heterocycles. The number of hydrogen-bond acceptors (Lipinski definition) is 2. The Morgan fingerprint density at radius 2 is 1.65 bits per heavy atom. The fraction of sp³-hybridized carbons (Fsp3) is 1.00. The normalized spacial score (nSPS) is 21.5. The van der Waals surface area contributed by atoms with Crippen LogP contribution >= 0.6 is 0 Å². The molecular formula is C15H31NO. The molecule has 0 aromatic heterocycles. The Balaban J connectivity index is 2.67. The number of nitrogens with zero attached hydrogens (tertiary/aromatic N) is 1. The van der Waals surface area contributed by atoms with E-state index in [9.17, 15) is 5.11 Å². The van der Waals surface area contributed by atoms with Crippen LogP contribution in [0.3, 0.4) is 0 Å². The van der Waals surface area contributed by atoms with Gasteiger partial charge >= 0.3 is 0 Å². The lowest BCUT2D eigenvalue weighted by molar-refractivity contribution is 0.0294. The van der Waals surface area contributed by atoms with Gasteiger partial charge in [0.25, 0.3) is 0 Å². The van der Waals surface area contributed by atoms with Gasteiger partial charge in [-0.05, 0) is 40.2 Å². The predicted molar refractivity (Wildman–Crippen MR) is 74.2 cm³/mol. The van der Waals surface area contributed by atoms with Crippen molar-refractivity contribution in [2.75, 3.05) is 20.2 Å². The maximum absolute atomic E-state index is 9.83. The van der Waals surface area contributed by atoms with E-state index < -0.39 is 0 Å². The van der Waals surface area contributed by atoms with E-state index in [1.54, 1.807) is 0 Å². The largest absolute Gasteiger partial charge is 0.396 e. The maximum Gasteiger partial charge on any atom is 0.0499 e. The molecule has 1 N–H and O–H groups in total. The van der Waals surface area contributed by atoms with Crippen molar-refractivity contribution in [2.45, 2.75) is 71.3 Å². The van der Waals surface area contributed by atoms with E-state index in [1.165, 1.54) is 38.5 Å².